The maximum Gasteiger partial charge on any atom is 0.134 e. The van der Waals surface area contributed by atoms with Gasteiger partial charge in [-0.1, -0.05) is 18.5 Å². The molecular formula is C12H16ClN5. The first-order chi connectivity index (χ1) is 8.78. The molecule has 0 saturated carbocycles. The van der Waals surface area contributed by atoms with E-state index >= 15 is 0 Å². The molecular weight excluding hydrogens is 250 g/mol. The van der Waals surface area contributed by atoms with Crippen molar-refractivity contribution in [3.05, 3.63) is 35.8 Å². The first-order valence-electron chi connectivity index (χ1n) is 6.01. The van der Waals surface area contributed by atoms with Gasteiger partial charge in [0.05, 0.1) is 6.33 Å². The summed E-state index contributed by atoms with van der Waals surface area (Å²) in [6.07, 6.45) is 7.34. The van der Waals surface area contributed by atoms with Gasteiger partial charge in [-0.2, -0.15) is 0 Å². The van der Waals surface area contributed by atoms with Crippen LogP contribution in [0.1, 0.15) is 19.2 Å². The van der Waals surface area contributed by atoms with Gasteiger partial charge in [0.2, 0.25) is 0 Å². The Morgan fingerprint density at radius 1 is 1.39 bits per heavy atom. The summed E-state index contributed by atoms with van der Waals surface area (Å²) in [5.41, 5.74) is 0. The van der Waals surface area contributed by atoms with Crippen LogP contribution in [0, 0.1) is 0 Å². The summed E-state index contributed by atoms with van der Waals surface area (Å²) in [5.74, 6) is 1.55. The molecule has 0 bridgehead atoms. The summed E-state index contributed by atoms with van der Waals surface area (Å²) >= 11 is 5.92. The lowest BCUT2D eigenvalue weighted by molar-refractivity contribution is 0.660. The zero-order valence-electron chi connectivity index (χ0n) is 10.3. The molecule has 0 spiro atoms. The van der Waals surface area contributed by atoms with Crippen LogP contribution >= 0.6 is 11.6 Å². The second-order valence-electron chi connectivity index (χ2n) is 3.93. The molecule has 0 aliphatic carbocycles. The first-order valence-corrected chi connectivity index (χ1v) is 6.39. The third-order valence-corrected chi connectivity index (χ3v) is 2.71. The number of hydrogen-bond donors (Lipinski definition) is 1. The van der Waals surface area contributed by atoms with E-state index in [-0.39, 0.29) is 0 Å². The molecule has 6 heteroatoms. The standard InChI is InChI=1S/C12H16ClN5/c1-2-11-16-10(13)8-12(17-11)15-4-3-6-18-7-5-14-9-18/h5,7-9H,2-4,6H2,1H3,(H,15,16,17). The number of rotatable bonds is 6. The fourth-order valence-corrected chi connectivity index (χ4v) is 1.81. The summed E-state index contributed by atoms with van der Waals surface area (Å²) in [6.45, 7) is 3.79. The van der Waals surface area contributed by atoms with Gasteiger partial charge in [-0.25, -0.2) is 15.0 Å². The Balaban J connectivity index is 1.81. The van der Waals surface area contributed by atoms with Crippen molar-refractivity contribution >= 4 is 17.4 Å². The normalized spacial score (nSPS) is 10.6. The molecule has 2 aromatic rings. The van der Waals surface area contributed by atoms with E-state index in [1.807, 2.05) is 24.0 Å². The predicted octanol–water partition coefficient (Wildman–Crippen LogP) is 2.39. The Morgan fingerprint density at radius 3 is 3.00 bits per heavy atom. The molecule has 96 valence electrons. The maximum absolute atomic E-state index is 5.92. The Bertz CT molecular complexity index is 483. The molecule has 0 fully saturated rings. The highest BCUT2D eigenvalue weighted by molar-refractivity contribution is 6.29. The van der Waals surface area contributed by atoms with Crippen LogP contribution in [0.4, 0.5) is 5.82 Å². The third kappa shape index (κ3) is 3.70. The van der Waals surface area contributed by atoms with Gasteiger partial charge < -0.3 is 9.88 Å². The fourth-order valence-electron chi connectivity index (χ4n) is 1.61. The highest BCUT2D eigenvalue weighted by Gasteiger charge is 2.01. The minimum atomic E-state index is 0.485. The Morgan fingerprint density at radius 2 is 2.28 bits per heavy atom. The van der Waals surface area contributed by atoms with Crippen molar-refractivity contribution in [1.29, 1.82) is 0 Å². The highest BCUT2D eigenvalue weighted by atomic mass is 35.5. The average Bonchev–Trinajstić information content (AvgIpc) is 2.87. The molecule has 1 N–H and O–H groups in total. The van der Waals surface area contributed by atoms with Crippen LogP contribution in [0.3, 0.4) is 0 Å². The number of aromatic nitrogens is 4. The zero-order chi connectivity index (χ0) is 12.8. The van der Waals surface area contributed by atoms with Gasteiger partial charge in [-0.3, -0.25) is 0 Å². The van der Waals surface area contributed by atoms with E-state index in [2.05, 4.69) is 20.3 Å². The van der Waals surface area contributed by atoms with Gasteiger partial charge >= 0.3 is 0 Å². The van der Waals surface area contributed by atoms with Gasteiger partial charge in [0.25, 0.3) is 0 Å². The molecule has 0 radical (unpaired) electrons. The minimum Gasteiger partial charge on any atom is -0.370 e. The molecule has 0 aliphatic rings. The minimum absolute atomic E-state index is 0.485. The summed E-state index contributed by atoms with van der Waals surface area (Å²) < 4.78 is 2.05. The summed E-state index contributed by atoms with van der Waals surface area (Å²) in [7, 11) is 0. The summed E-state index contributed by atoms with van der Waals surface area (Å²) in [4.78, 5) is 12.5. The Hall–Kier alpha value is -1.62. The molecule has 2 rings (SSSR count). The van der Waals surface area contributed by atoms with Gasteiger partial charge in [0.15, 0.2) is 0 Å². The van der Waals surface area contributed by atoms with Crippen molar-refractivity contribution in [3.63, 3.8) is 0 Å². The fraction of sp³-hybridized carbons (Fsp3) is 0.417. The van der Waals surface area contributed by atoms with E-state index in [9.17, 15) is 0 Å². The molecule has 5 nitrogen and oxygen atoms in total. The molecule has 18 heavy (non-hydrogen) atoms. The molecule has 0 aliphatic heterocycles. The number of nitrogens with one attached hydrogen (secondary N) is 1. The molecule has 2 aromatic heterocycles. The number of aryl methyl sites for hydroxylation is 2. The van der Waals surface area contributed by atoms with Crippen LogP contribution in [-0.2, 0) is 13.0 Å². The van der Waals surface area contributed by atoms with E-state index < -0.39 is 0 Å². The lowest BCUT2D eigenvalue weighted by atomic mass is 10.4. The molecule has 0 aromatic carbocycles. The summed E-state index contributed by atoms with van der Waals surface area (Å²) in [6, 6.07) is 1.75. The molecule has 0 unspecified atom stereocenters. The predicted molar refractivity (Wildman–Crippen MR) is 71.8 cm³/mol. The van der Waals surface area contributed by atoms with Crippen molar-refractivity contribution in [3.8, 4) is 0 Å². The van der Waals surface area contributed by atoms with Gasteiger partial charge in [-0.15, -0.1) is 0 Å². The van der Waals surface area contributed by atoms with Crippen LogP contribution in [-0.4, -0.2) is 26.1 Å². The molecule has 0 saturated heterocycles. The van der Waals surface area contributed by atoms with Crippen molar-refractivity contribution in [1.82, 2.24) is 19.5 Å². The number of halogens is 1. The lowest BCUT2D eigenvalue weighted by Crippen LogP contribution is -2.08. The van der Waals surface area contributed by atoms with E-state index in [1.54, 1.807) is 12.3 Å². The molecule has 0 amide bonds. The Kier molecular flexibility index (Phi) is 4.52. The van der Waals surface area contributed by atoms with E-state index in [0.29, 0.717) is 5.15 Å². The number of imidazole rings is 1. The third-order valence-electron chi connectivity index (χ3n) is 2.52. The van der Waals surface area contributed by atoms with Gasteiger partial charge in [0, 0.05) is 38.0 Å². The SMILES string of the molecule is CCc1nc(Cl)cc(NCCCn2ccnc2)n1. The largest absolute Gasteiger partial charge is 0.370 e. The van der Waals surface area contributed by atoms with Crippen LogP contribution in [0.2, 0.25) is 5.15 Å². The quantitative estimate of drug-likeness (QED) is 0.644. The van der Waals surface area contributed by atoms with Gasteiger partial charge in [0.1, 0.15) is 16.8 Å². The lowest BCUT2D eigenvalue weighted by Gasteiger charge is -2.07. The van der Waals surface area contributed by atoms with E-state index in [0.717, 1.165) is 37.6 Å². The van der Waals surface area contributed by atoms with Crippen molar-refractivity contribution in [2.75, 3.05) is 11.9 Å². The van der Waals surface area contributed by atoms with Gasteiger partial charge in [-0.05, 0) is 6.42 Å². The number of anilines is 1. The topological polar surface area (TPSA) is 55.6 Å². The van der Waals surface area contributed by atoms with Crippen molar-refractivity contribution in [2.45, 2.75) is 26.3 Å². The summed E-state index contributed by atoms with van der Waals surface area (Å²) in [5, 5.41) is 3.74. The zero-order valence-corrected chi connectivity index (χ0v) is 11.1. The molecule has 0 atom stereocenters. The van der Waals surface area contributed by atoms with E-state index in [4.69, 9.17) is 11.6 Å². The number of nitrogens with zero attached hydrogens (tertiary/aromatic N) is 4. The number of hydrogen-bond acceptors (Lipinski definition) is 4. The average molecular weight is 266 g/mol. The van der Waals surface area contributed by atoms with Crippen molar-refractivity contribution < 1.29 is 0 Å². The Labute approximate surface area is 111 Å². The van der Waals surface area contributed by atoms with Crippen LogP contribution in [0.15, 0.2) is 24.8 Å². The van der Waals surface area contributed by atoms with Crippen LogP contribution in [0.25, 0.3) is 0 Å². The smallest absolute Gasteiger partial charge is 0.134 e. The van der Waals surface area contributed by atoms with E-state index in [1.165, 1.54) is 0 Å². The monoisotopic (exact) mass is 265 g/mol. The second-order valence-corrected chi connectivity index (χ2v) is 4.31. The second kappa shape index (κ2) is 6.35. The van der Waals surface area contributed by atoms with Crippen LogP contribution < -0.4 is 5.32 Å². The van der Waals surface area contributed by atoms with Crippen LogP contribution in [0.5, 0.6) is 0 Å². The first kappa shape index (κ1) is 12.8. The highest BCUT2D eigenvalue weighted by Crippen LogP contribution is 2.11. The van der Waals surface area contributed by atoms with Crippen molar-refractivity contribution in [2.24, 2.45) is 0 Å². The maximum atomic E-state index is 5.92. The molecule has 2 heterocycles.